The van der Waals surface area contributed by atoms with Gasteiger partial charge in [0.1, 0.15) is 11.4 Å². The number of anilines is 1. The van der Waals surface area contributed by atoms with Crippen molar-refractivity contribution in [3.05, 3.63) is 41.2 Å². The molecule has 1 amide bonds. The molecular weight excluding hydrogens is 340 g/mol. The summed E-state index contributed by atoms with van der Waals surface area (Å²) in [6.45, 7) is 5.29. The zero-order valence-electron chi connectivity index (χ0n) is 15.2. The van der Waals surface area contributed by atoms with Crippen molar-refractivity contribution in [3.8, 4) is 0 Å². The maximum absolute atomic E-state index is 12.4. The number of benzene rings is 1. The van der Waals surface area contributed by atoms with Crippen molar-refractivity contribution in [1.29, 1.82) is 0 Å². The first-order valence-corrected chi connectivity index (χ1v) is 9.46. The van der Waals surface area contributed by atoms with Crippen molar-refractivity contribution in [2.45, 2.75) is 38.6 Å². The highest BCUT2D eigenvalue weighted by Gasteiger charge is 2.27. The van der Waals surface area contributed by atoms with E-state index in [4.69, 9.17) is 0 Å². The van der Waals surface area contributed by atoms with Gasteiger partial charge in [-0.25, -0.2) is 12.7 Å². The normalized spacial score (nSPS) is 11.8. The second kappa shape index (κ2) is 7.37. The molecule has 0 radical (unpaired) electrons. The van der Waals surface area contributed by atoms with Gasteiger partial charge in [0.05, 0.1) is 11.4 Å². The van der Waals surface area contributed by atoms with Gasteiger partial charge in [-0.3, -0.25) is 9.48 Å². The minimum Gasteiger partial charge on any atom is -0.324 e. The number of carbonyl (C=O) groups excluding carboxylic acids is 1. The first-order chi connectivity index (χ1) is 11.7. The van der Waals surface area contributed by atoms with Crippen LogP contribution in [-0.2, 0) is 27.8 Å². The first kappa shape index (κ1) is 19.1. The number of sulfonamides is 1. The summed E-state index contributed by atoms with van der Waals surface area (Å²) in [5.41, 5.74) is 2.72. The van der Waals surface area contributed by atoms with E-state index in [1.807, 2.05) is 24.3 Å². The van der Waals surface area contributed by atoms with Crippen molar-refractivity contribution < 1.29 is 13.2 Å². The molecule has 1 N–H and O–H groups in total. The molecule has 0 aliphatic heterocycles. The van der Waals surface area contributed by atoms with Crippen LogP contribution in [0.15, 0.2) is 29.2 Å². The highest BCUT2D eigenvalue weighted by atomic mass is 32.2. The minimum absolute atomic E-state index is 0.0504. The number of hydrogen-bond acceptors (Lipinski definition) is 4. The minimum atomic E-state index is -3.60. The molecule has 0 fully saturated rings. The molecule has 2 aromatic rings. The van der Waals surface area contributed by atoms with Crippen molar-refractivity contribution >= 4 is 21.6 Å². The lowest BCUT2D eigenvalue weighted by Gasteiger charge is -2.12. The fourth-order valence-corrected chi connectivity index (χ4v) is 3.81. The molecule has 1 heterocycles. The molecule has 0 unspecified atom stereocenters. The van der Waals surface area contributed by atoms with Gasteiger partial charge in [-0.1, -0.05) is 19.1 Å². The van der Waals surface area contributed by atoms with Crippen LogP contribution in [0.25, 0.3) is 0 Å². The Morgan fingerprint density at radius 1 is 1.20 bits per heavy atom. The second-order valence-electron chi connectivity index (χ2n) is 6.04. The molecule has 0 spiro atoms. The average molecular weight is 364 g/mol. The SMILES string of the molecule is CCc1ccc(NC(=O)Cn2nc(C)c(S(=O)(=O)N(C)C)c2C)cc1. The average Bonchev–Trinajstić information content (AvgIpc) is 2.82. The summed E-state index contributed by atoms with van der Waals surface area (Å²) in [7, 11) is -0.661. The van der Waals surface area contributed by atoms with Gasteiger partial charge in [0, 0.05) is 19.8 Å². The molecule has 8 heteroatoms. The standard InChI is InChI=1S/C17H24N4O3S/c1-6-14-7-9-15(10-8-14)18-16(22)11-21-13(3)17(12(2)19-21)25(23,24)20(4)5/h7-10H,6,11H2,1-5H3,(H,18,22). The third-order valence-corrected chi connectivity index (χ3v) is 6.06. The molecular formula is C17H24N4O3S. The van der Waals surface area contributed by atoms with Gasteiger partial charge in [0.15, 0.2) is 0 Å². The van der Waals surface area contributed by atoms with Crippen LogP contribution in [0.1, 0.15) is 23.9 Å². The molecule has 1 aromatic heterocycles. The van der Waals surface area contributed by atoms with Crippen LogP contribution in [0.4, 0.5) is 5.69 Å². The topological polar surface area (TPSA) is 84.3 Å². The number of aryl methyl sites for hydroxylation is 2. The van der Waals surface area contributed by atoms with Gasteiger partial charge >= 0.3 is 0 Å². The maximum atomic E-state index is 12.4. The van der Waals surface area contributed by atoms with Crippen molar-refractivity contribution in [2.24, 2.45) is 0 Å². The quantitative estimate of drug-likeness (QED) is 0.849. The number of nitrogens with one attached hydrogen (secondary N) is 1. The Hall–Kier alpha value is -2.19. The maximum Gasteiger partial charge on any atom is 0.246 e. The van der Waals surface area contributed by atoms with Crippen LogP contribution in [0.3, 0.4) is 0 Å². The van der Waals surface area contributed by atoms with Crippen molar-refractivity contribution in [1.82, 2.24) is 14.1 Å². The number of nitrogens with zero attached hydrogens (tertiary/aromatic N) is 3. The van der Waals surface area contributed by atoms with E-state index in [9.17, 15) is 13.2 Å². The number of amides is 1. The Morgan fingerprint density at radius 2 is 1.80 bits per heavy atom. The number of rotatable bonds is 6. The van der Waals surface area contributed by atoms with Crippen molar-refractivity contribution in [2.75, 3.05) is 19.4 Å². The Balaban J connectivity index is 2.19. The predicted octanol–water partition coefficient (Wildman–Crippen LogP) is 1.95. The van der Waals surface area contributed by atoms with Crippen LogP contribution < -0.4 is 5.32 Å². The lowest BCUT2D eigenvalue weighted by atomic mass is 10.1. The Labute approximate surface area is 148 Å². The number of carbonyl (C=O) groups is 1. The molecule has 0 bridgehead atoms. The molecule has 1 aromatic carbocycles. The summed E-state index contributed by atoms with van der Waals surface area (Å²) in [5.74, 6) is -0.261. The zero-order chi connectivity index (χ0) is 18.8. The fourth-order valence-electron chi connectivity index (χ4n) is 2.55. The van der Waals surface area contributed by atoms with E-state index in [1.165, 1.54) is 24.3 Å². The van der Waals surface area contributed by atoms with E-state index in [2.05, 4.69) is 17.3 Å². The third kappa shape index (κ3) is 4.08. The molecule has 0 atom stereocenters. The summed E-state index contributed by atoms with van der Waals surface area (Å²) >= 11 is 0. The predicted molar refractivity (Wildman–Crippen MR) is 97.0 cm³/mol. The summed E-state index contributed by atoms with van der Waals surface area (Å²) in [6, 6.07) is 7.61. The smallest absolute Gasteiger partial charge is 0.246 e. The second-order valence-corrected chi connectivity index (χ2v) is 8.13. The molecule has 25 heavy (non-hydrogen) atoms. The number of aromatic nitrogens is 2. The monoisotopic (exact) mass is 364 g/mol. The third-order valence-electron chi connectivity index (χ3n) is 3.99. The number of hydrogen-bond donors (Lipinski definition) is 1. The van der Waals surface area contributed by atoms with E-state index in [0.717, 1.165) is 10.7 Å². The Kier molecular flexibility index (Phi) is 5.64. The van der Waals surface area contributed by atoms with Crippen LogP contribution >= 0.6 is 0 Å². The van der Waals surface area contributed by atoms with E-state index in [0.29, 0.717) is 17.1 Å². The van der Waals surface area contributed by atoms with Crippen LogP contribution in [0, 0.1) is 13.8 Å². The van der Waals surface area contributed by atoms with Crippen LogP contribution in [0.2, 0.25) is 0 Å². The van der Waals surface area contributed by atoms with Crippen LogP contribution in [0.5, 0.6) is 0 Å². The summed E-state index contributed by atoms with van der Waals surface area (Å²) in [4.78, 5) is 12.4. The molecule has 7 nitrogen and oxygen atoms in total. The van der Waals surface area contributed by atoms with E-state index >= 15 is 0 Å². The molecule has 0 aliphatic rings. The van der Waals surface area contributed by atoms with Gasteiger partial charge in [-0.15, -0.1) is 0 Å². The molecule has 2 rings (SSSR count). The Morgan fingerprint density at radius 3 is 2.32 bits per heavy atom. The van der Waals surface area contributed by atoms with Gasteiger partial charge in [-0.2, -0.15) is 5.10 Å². The van der Waals surface area contributed by atoms with Crippen LogP contribution in [-0.4, -0.2) is 42.5 Å². The summed E-state index contributed by atoms with van der Waals surface area (Å²) in [5, 5.41) is 7.02. The van der Waals surface area contributed by atoms with E-state index < -0.39 is 10.0 Å². The fraction of sp³-hybridized carbons (Fsp3) is 0.412. The summed E-state index contributed by atoms with van der Waals surface area (Å²) in [6.07, 6.45) is 0.934. The van der Waals surface area contributed by atoms with Gasteiger partial charge in [-0.05, 0) is 38.0 Å². The van der Waals surface area contributed by atoms with E-state index in [-0.39, 0.29) is 17.3 Å². The molecule has 0 aliphatic carbocycles. The zero-order valence-corrected chi connectivity index (χ0v) is 16.0. The van der Waals surface area contributed by atoms with Gasteiger partial charge in [0.25, 0.3) is 0 Å². The van der Waals surface area contributed by atoms with E-state index in [1.54, 1.807) is 13.8 Å². The van der Waals surface area contributed by atoms with Gasteiger partial charge in [0.2, 0.25) is 15.9 Å². The highest BCUT2D eigenvalue weighted by Crippen LogP contribution is 2.22. The highest BCUT2D eigenvalue weighted by molar-refractivity contribution is 7.89. The lowest BCUT2D eigenvalue weighted by molar-refractivity contribution is -0.116. The summed E-state index contributed by atoms with van der Waals surface area (Å²) < 4.78 is 27.4. The molecule has 0 saturated heterocycles. The first-order valence-electron chi connectivity index (χ1n) is 8.02. The molecule has 0 saturated carbocycles. The molecule has 136 valence electrons. The largest absolute Gasteiger partial charge is 0.324 e. The van der Waals surface area contributed by atoms with Crippen molar-refractivity contribution in [3.63, 3.8) is 0 Å². The lowest BCUT2D eigenvalue weighted by Crippen LogP contribution is -2.24. The van der Waals surface area contributed by atoms with Gasteiger partial charge < -0.3 is 5.32 Å². The Bertz CT molecular complexity index is 868.